The van der Waals surface area contributed by atoms with Gasteiger partial charge < -0.3 is 14.2 Å². The molecule has 0 amide bonds. The highest BCUT2D eigenvalue weighted by molar-refractivity contribution is 5.84. The number of hydrogen-bond donors (Lipinski definition) is 0. The molecule has 0 spiro atoms. The molecule has 0 N–H and O–H groups in total. The molecule has 4 heteroatoms. The number of esters is 1. The lowest BCUT2D eigenvalue weighted by molar-refractivity contribution is -0.396. The van der Waals surface area contributed by atoms with Gasteiger partial charge in [-0.25, -0.2) is 4.79 Å². The molecule has 1 unspecified atom stereocenters. The molecule has 4 nitrogen and oxygen atoms in total. The smallest absolute Gasteiger partial charge is 0.336 e. The van der Waals surface area contributed by atoms with Crippen molar-refractivity contribution >= 4 is 5.97 Å². The number of carbonyl (C=O) groups excluding carboxylic acids is 1. The van der Waals surface area contributed by atoms with Crippen LogP contribution >= 0.6 is 0 Å². The van der Waals surface area contributed by atoms with Crippen LogP contribution in [0.2, 0.25) is 0 Å². The molecule has 3 aromatic rings. The van der Waals surface area contributed by atoms with E-state index in [-0.39, 0.29) is 5.92 Å². The molecular weight excluding hydrogens is 400 g/mol. The molecule has 1 fully saturated rings. The van der Waals surface area contributed by atoms with Gasteiger partial charge in [-0.1, -0.05) is 90.0 Å². The Kier molecular flexibility index (Phi) is 4.90. The van der Waals surface area contributed by atoms with Crippen LogP contribution in [-0.4, -0.2) is 11.8 Å². The normalized spacial score (nSPS) is 26.4. The fourth-order valence-electron chi connectivity index (χ4n) is 4.80. The number of fused-ring (bicyclic) bond motifs is 1. The fraction of sp³-hybridized carbons (Fsp3) is 0.250. The maximum absolute atomic E-state index is 12.4. The molecule has 0 saturated carbocycles. The highest BCUT2D eigenvalue weighted by atomic mass is 16.8. The van der Waals surface area contributed by atoms with E-state index in [1.54, 1.807) is 0 Å². The van der Waals surface area contributed by atoms with Crippen molar-refractivity contribution in [2.45, 2.75) is 38.8 Å². The lowest BCUT2D eigenvalue weighted by atomic mass is 9.65. The Morgan fingerprint density at radius 1 is 0.844 bits per heavy atom. The summed E-state index contributed by atoms with van der Waals surface area (Å²) in [4.78, 5) is 12.4. The number of ether oxygens (including phenoxy) is 3. The Morgan fingerprint density at radius 2 is 1.44 bits per heavy atom. The predicted molar refractivity (Wildman–Crippen MR) is 122 cm³/mol. The molecule has 2 aliphatic rings. The van der Waals surface area contributed by atoms with E-state index < -0.39 is 17.4 Å². The molecule has 1 saturated heterocycles. The van der Waals surface area contributed by atoms with E-state index in [9.17, 15) is 4.79 Å². The summed E-state index contributed by atoms with van der Waals surface area (Å²) in [5.41, 5.74) is 4.58. The quantitative estimate of drug-likeness (QED) is 0.501. The molecule has 2 aliphatic heterocycles. The number of rotatable bonds is 5. The SMILES string of the molecule is Cc1ccc(COC2=CC(=O)O[C@]3(C)OC(c4ccccc4)(c4ccc(C)cc4)[C@H]23)cc1. The standard InChI is InChI=1S/C28H26O4/c1-19-9-13-21(14-10-19)18-30-24-17-25(29)31-27(3)26(24)28(32-27,22-7-5-4-6-8-22)23-15-11-20(2)12-16-23/h4-17,26H,18H2,1-3H3/t26-,27-,28?/m1/s1. The minimum absolute atomic E-state index is 0.316. The average molecular weight is 427 g/mol. The maximum Gasteiger partial charge on any atom is 0.336 e. The summed E-state index contributed by atoms with van der Waals surface area (Å²) in [5, 5.41) is 0. The molecule has 3 atom stereocenters. The van der Waals surface area contributed by atoms with Crippen molar-refractivity contribution in [1.82, 2.24) is 0 Å². The number of hydrogen-bond acceptors (Lipinski definition) is 4. The summed E-state index contributed by atoms with van der Waals surface area (Å²) in [6, 6.07) is 26.6. The fourth-order valence-corrected chi connectivity index (χ4v) is 4.80. The third-order valence-corrected chi connectivity index (χ3v) is 6.35. The van der Waals surface area contributed by atoms with Crippen LogP contribution in [0.5, 0.6) is 0 Å². The third-order valence-electron chi connectivity index (χ3n) is 6.35. The van der Waals surface area contributed by atoms with Gasteiger partial charge in [0.2, 0.25) is 5.79 Å². The highest BCUT2D eigenvalue weighted by Crippen LogP contribution is 2.62. The molecule has 32 heavy (non-hydrogen) atoms. The molecule has 0 radical (unpaired) electrons. The summed E-state index contributed by atoms with van der Waals surface area (Å²) < 4.78 is 18.5. The van der Waals surface area contributed by atoms with Crippen LogP contribution in [0.15, 0.2) is 90.7 Å². The van der Waals surface area contributed by atoms with Gasteiger partial charge in [0.25, 0.3) is 0 Å². The molecule has 2 heterocycles. The minimum Gasteiger partial charge on any atom is -0.492 e. The summed E-state index contributed by atoms with van der Waals surface area (Å²) >= 11 is 0. The summed E-state index contributed by atoms with van der Waals surface area (Å²) in [7, 11) is 0. The van der Waals surface area contributed by atoms with E-state index in [0.717, 1.165) is 16.7 Å². The second-order valence-corrected chi connectivity index (χ2v) is 8.76. The molecule has 5 rings (SSSR count). The summed E-state index contributed by atoms with van der Waals surface area (Å²) in [6.45, 7) is 6.29. The van der Waals surface area contributed by atoms with E-state index in [2.05, 4.69) is 50.2 Å². The second-order valence-electron chi connectivity index (χ2n) is 8.76. The molecule has 3 aromatic carbocycles. The van der Waals surface area contributed by atoms with Crippen LogP contribution < -0.4 is 0 Å². The first kappa shape index (κ1) is 20.5. The van der Waals surface area contributed by atoms with Crippen molar-refractivity contribution in [1.29, 1.82) is 0 Å². The van der Waals surface area contributed by atoms with Gasteiger partial charge in [-0.2, -0.15) is 0 Å². The van der Waals surface area contributed by atoms with E-state index >= 15 is 0 Å². The van der Waals surface area contributed by atoms with Crippen molar-refractivity contribution in [3.05, 3.63) is 119 Å². The van der Waals surface area contributed by atoms with Gasteiger partial charge in [0.05, 0.1) is 6.08 Å². The van der Waals surface area contributed by atoms with Crippen LogP contribution in [0, 0.1) is 19.8 Å². The Balaban J connectivity index is 1.58. The lowest BCUT2D eigenvalue weighted by Crippen LogP contribution is -2.69. The van der Waals surface area contributed by atoms with E-state index in [1.165, 1.54) is 17.2 Å². The number of aryl methyl sites for hydroxylation is 2. The van der Waals surface area contributed by atoms with Gasteiger partial charge in [-0.15, -0.1) is 0 Å². The monoisotopic (exact) mass is 426 g/mol. The molecule has 162 valence electrons. The van der Waals surface area contributed by atoms with Crippen molar-refractivity contribution < 1.29 is 19.0 Å². The van der Waals surface area contributed by atoms with Crippen molar-refractivity contribution in [2.24, 2.45) is 5.92 Å². The van der Waals surface area contributed by atoms with Crippen LogP contribution in [0.1, 0.15) is 34.7 Å². The van der Waals surface area contributed by atoms with Crippen LogP contribution in [0.4, 0.5) is 0 Å². The highest BCUT2D eigenvalue weighted by Gasteiger charge is 2.70. The van der Waals surface area contributed by atoms with Crippen LogP contribution in [-0.2, 0) is 31.2 Å². The van der Waals surface area contributed by atoms with Crippen LogP contribution in [0.3, 0.4) is 0 Å². The molecule has 0 aromatic heterocycles. The topological polar surface area (TPSA) is 44.8 Å². The van der Waals surface area contributed by atoms with Gasteiger partial charge in [0.15, 0.2) is 0 Å². The number of benzene rings is 3. The van der Waals surface area contributed by atoms with E-state index in [1.807, 2.05) is 49.4 Å². The maximum atomic E-state index is 12.4. The van der Waals surface area contributed by atoms with E-state index in [4.69, 9.17) is 14.2 Å². The average Bonchev–Trinajstić information content (AvgIpc) is 2.77. The Labute approximate surface area is 188 Å². The first-order chi connectivity index (χ1) is 15.4. The molecule has 0 bridgehead atoms. The Bertz CT molecular complexity index is 1160. The zero-order chi connectivity index (χ0) is 22.3. The predicted octanol–water partition coefficient (Wildman–Crippen LogP) is 5.57. The Hall–Kier alpha value is -3.37. The second kappa shape index (κ2) is 7.64. The Morgan fingerprint density at radius 3 is 2.09 bits per heavy atom. The molecule has 0 aliphatic carbocycles. The summed E-state index contributed by atoms with van der Waals surface area (Å²) in [6.07, 6.45) is 1.47. The van der Waals surface area contributed by atoms with Gasteiger partial charge in [0.1, 0.15) is 23.9 Å². The van der Waals surface area contributed by atoms with Gasteiger partial charge >= 0.3 is 5.97 Å². The van der Waals surface area contributed by atoms with Crippen LogP contribution in [0.25, 0.3) is 0 Å². The van der Waals surface area contributed by atoms with Gasteiger partial charge in [-0.05, 0) is 30.5 Å². The van der Waals surface area contributed by atoms with Crippen molar-refractivity contribution in [2.75, 3.05) is 0 Å². The van der Waals surface area contributed by atoms with Crippen molar-refractivity contribution in [3.63, 3.8) is 0 Å². The van der Waals surface area contributed by atoms with Gasteiger partial charge in [-0.3, -0.25) is 0 Å². The third kappa shape index (κ3) is 3.32. The largest absolute Gasteiger partial charge is 0.492 e. The minimum atomic E-state index is -1.10. The first-order valence-corrected chi connectivity index (χ1v) is 10.9. The lowest BCUT2D eigenvalue weighted by Gasteiger charge is -2.61. The zero-order valence-corrected chi connectivity index (χ0v) is 18.5. The zero-order valence-electron chi connectivity index (χ0n) is 18.5. The number of carbonyl (C=O) groups is 1. The first-order valence-electron chi connectivity index (χ1n) is 10.9. The molecular formula is C28H26O4. The van der Waals surface area contributed by atoms with Crippen molar-refractivity contribution in [3.8, 4) is 0 Å². The van der Waals surface area contributed by atoms with Gasteiger partial charge in [0, 0.05) is 6.92 Å². The van der Waals surface area contributed by atoms with E-state index in [0.29, 0.717) is 12.4 Å². The summed E-state index contributed by atoms with van der Waals surface area (Å²) in [5.74, 6) is -1.29.